The number of anilines is 1. The van der Waals surface area contributed by atoms with Gasteiger partial charge in [0.2, 0.25) is 5.28 Å². The average molecular weight is 295 g/mol. The highest BCUT2D eigenvalue weighted by Crippen LogP contribution is 2.23. The Balaban J connectivity index is 1.96. The first kappa shape index (κ1) is 12.3. The van der Waals surface area contributed by atoms with E-state index in [2.05, 4.69) is 24.9 Å². The first-order chi connectivity index (χ1) is 9.13. The molecular weight excluding hydrogens is 284 g/mol. The average Bonchev–Trinajstić information content (AvgIpc) is 2.96. The first-order valence-electron chi connectivity index (χ1n) is 5.62. The van der Waals surface area contributed by atoms with Crippen LogP contribution in [0.4, 0.5) is 5.82 Å². The van der Waals surface area contributed by atoms with E-state index in [4.69, 9.17) is 11.6 Å². The van der Waals surface area contributed by atoms with E-state index < -0.39 is 0 Å². The van der Waals surface area contributed by atoms with Crippen LogP contribution in [0.15, 0.2) is 11.7 Å². The monoisotopic (exact) mass is 294 g/mol. The minimum absolute atomic E-state index is 0.191. The third kappa shape index (κ3) is 2.39. The lowest BCUT2D eigenvalue weighted by molar-refractivity contribution is 0.871. The third-order valence-electron chi connectivity index (χ3n) is 2.67. The molecule has 0 aromatic carbocycles. The van der Waals surface area contributed by atoms with Gasteiger partial charge in [-0.3, -0.25) is 0 Å². The van der Waals surface area contributed by atoms with E-state index in [0.717, 1.165) is 22.0 Å². The number of thiazole rings is 1. The van der Waals surface area contributed by atoms with E-state index in [1.807, 2.05) is 24.3 Å². The van der Waals surface area contributed by atoms with Crippen molar-refractivity contribution in [1.82, 2.24) is 24.9 Å². The molecular formula is C11H11ClN6S. The maximum atomic E-state index is 5.92. The molecule has 8 heteroatoms. The number of halogens is 1. The second kappa shape index (κ2) is 4.75. The van der Waals surface area contributed by atoms with E-state index in [9.17, 15) is 0 Å². The molecule has 98 valence electrons. The molecule has 0 spiro atoms. The van der Waals surface area contributed by atoms with Gasteiger partial charge in [-0.05, 0) is 18.5 Å². The van der Waals surface area contributed by atoms with Crippen LogP contribution in [0.2, 0.25) is 5.28 Å². The van der Waals surface area contributed by atoms with Crippen LogP contribution in [0.25, 0.3) is 11.2 Å². The van der Waals surface area contributed by atoms with Gasteiger partial charge >= 0.3 is 0 Å². The van der Waals surface area contributed by atoms with Crippen molar-refractivity contribution in [1.29, 1.82) is 0 Å². The van der Waals surface area contributed by atoms with Gasteiger partial charge in [0, 0.05) is 12.4 Å². The standard InChI is InChI=1S/C11H11ClN6S/c1-6-15-7(4-19-6)3-18(2)10-8-9(14-5-13-8)16-11(12)17-10/h4-5H,3H2,1-2H3,(H,13,14,16,17). The number of rotatable bonds is 3. The molecule has 19 heavy (non-hydrogen) atoms. The number of aromatic nitrogens is 5. The first-order valence-corrected chi connectivity index (χ1v) is 6.88. The Labute approximate surface area is 118 Å². The SMILES string of the molecule is Cc1nc(CN(C)c2nc(Cl)nc3nc[nH]c23)cs1. The fourth-order valence-electron chi connectivity index (χ4n) is 1.87. The summed E-state index contributed by atoms with van der Waals surface area (Å²) in [7, 11) is 1.94. The molecule has 0 radical (unpaired) electrons. The summed E-state index contributed by atoms with van der Waals surface area (Å²) in [6.07, 6.45) is 1.58. The largest absolute Gasteiger partial charge is 0.352 e. The highest BCUT2D eigenvalue weighted by molar-refractivity contribution is 7.09. The molecule has 0 fully saturated rings. The summed E-state index contributed by atoms with van der Waals surface area (Å²) >= 11 is 7.55. The van der Waals surface area contributed by atoms with Gasteiger partial charge < -0.3 is 9.88 Å². The van der Waals surface area contributed by atoms with Gasteiger partial charge in [0.15, 0.2) is 11.5 Å². The molecule has 3 rings (SSSR count). The summed E-state index contributed by atoms with van der Waals surface area (Å²) < 4.78 is 0. The van der Waals surface area contributed by atoms with E-state index in [0.29, 0.717) is 12.2 Å². The Hall–Kier alpha value is -1.73. The molecule has 6 nitrogen and oxygen atoms in total. The van der Waals surface area contributed by atoms with Crippen molar-refractivity contribution in [3.8, 4) is 0 Å². The van der Waals surface area contributed by atoms with Crippen LogP contribution in [0.5, 0.6) is 0 Å². The smallest absolute Gasteiger partial charge is 0.226 e. The summed E-state index contributed by atoms with van der Waals surface area (Å²) in [6.45, 7) is 2.65. The van der Waals surface area contributed by atoms with E-state index in [-0.39, 0.29) is 5.28 Å². The van der Waals surface area contributed by atoms with Crippen molar-refractivity contribution in [2.24, 2.45) is 0 Å². The molecule has 0 aliphatic heterocycles. The predicted octanol–water partition coefficient (Wildman–Crippen LogP) is 2.41. The minimum Gasteiger partial charge on any atom is -0.352 e. The molecule has 3 heterocycles. The van der Waals surface area contributed by atoms with E-state index >= 15 is 0 Å². The normalized spacial score (nSPS) is 11.1. The summed E-state index contributed by atoms with van der Waals surface area (Å²) in [5.74, 6) is 0.721. The second-order valence-corrected chi connectivity index (χ2v) is 5.53. The topological polar surface area (TPSA) is 70.6 Å². The number of imidazole rings is 1. The van der Waals surface area contributed by atoms with Gasteiger partial charge in [-0.15, -0.1) is 11.3 Å². The van der Waals surface area contributed by atoms with Crippen LogP contribution < -0.4 is 4.90 Å². The molecule has 0 saturated carbocycles. The lowest BCUT2D eigenvalue weighted by Gasteiger charge is -2.17. The highest BCUT2D eigenvalue weighted by atomic mass is 35.5. The predicted molar refractivity (Wildman–Crippen MR) is 75.7 cm³/mol. The van der Waals surface area contributed by atoms with Crippen LogP contribution in [-0.4, -0.2) is 32.0 Å². The zero-order valence-electron chi connectivity index (χ0n) is 10.4. The van der Waals surface area contributed by atoms with E-state index in [1.165, 1.54) is 0 Å². The maximum absolute atomic E-state index is 5.92. The Morgan fingerprint density at radius 2 is 2.21 bits per heavy atom. The molecule has 0 atom stereocenters. The summed E-state index contributed by atoms with van der Waals surface area (Å²) in [4.78, 5) is 21.9. The number of nitrogens with one attached hydrogen (secondary N) is 1. The van der Waals surface area contributed by atoms with Crippen molar-refractivity contribution in [2.45, 2.75) is 13.5 Å². The number of H-pyrrole nitrogens is 1. The van der Waals surface area contributed by atoms with Crippen LogP contribution in [0.1, 0.15) is 10.7 Å². The second-order valence-electron chi connectivity index (χ2n) is 4.13. The van der Waals surface area contributed by atoms with Gasteiger partial charge in [-0.1, -0.05) is 0 Å². The van der Waals surface area contributed by atoms with Crippen molar-refractivity contribution < 1.29 is 0 Å². The van der Waals surface area contributed by atoms with Gasteiger partial charge in [0.25, 0.3) is 0 Å². The number of nitrogens with zero attached hydrogens (tertiary/aromatic N) is 5. The van der Waals surface area contributed by atoms with Gasteiger partial charge in [0.05, 0.1) is 23.6 Å². The van der Waals surface area contributed by atoms with Crippen LogP contribution >= 0.6 is 22.9 Å². The Bertz CT molecular complexity index is 721. The lowest BCUT2D eigenvalue weighted by Crippen LogP contribution is -2.18. The van der Waals surface area contributed by atoms with Crippen molar-refractivity contribution in [2.75, 3.05) is 11.9 Å². The Kier molecular flexibility index (Phi) is 3.08. The molecule has 1 N–H and O–H groups in total. The summed E-state index contributed by atoms with van der Waals surface area (Å²) in [5, 5.41) is 3.28. The van der Waals surface area contributed by atoms with Crippen molar-refractivity contribution in [3.63, 3.8) is 0 Å². The molecule has 0 amide bonds. The summed E-state index contributed by atoms with van der Waals surface area (Å²) in [5.41, 5.74) is 2.35. The van der Waals surface area contributed by atoms with Gasteiger partial charge in [0.1, 0.15) is 5.52 Å². The van der Waals surface area contributed by atoms with Crippen molar-refractivity contribution in [3.05, 3.63) is 27.7 Å². The molecule has 0 unspecified atom stereocenters. The molecule has 0 aliphatic carbocycles. The number of hydrogen-bond acceptors (Lipinski definition) is 6. The highest BCUT2D eigenvalue weighted by Gasteiger charge is 2.14. The molecule has 0 aliphatic rings. The number of fused-ring (bicyclic) bond motifs is 1. The summed E-state index contributed by atoms with van der Waals surface area (Å²) in [6, 6.07) is 0. The lowest BCUT2D eigenvalue weighted by atomic mass is 10.4. The number of hydrogen-bond donors (Lipinski definition) is 1. The van der Waals surface area contributed by atoms with Gasteiger partial charge in [-0.25, -0.2) is 9.97 Å². The molecule has 0 bridgehead atoms. The zero-order chi connectivity index (χ0) is 13.4. The van der Waals surface area contributed by atoms with Crippen LogP contribution in [-0.2, 0) is 6.54 Å². The molecule has 0 saturated heterocycles. The zero-order valence-corrected chi connectivity index (χ0v) is 12.0. The van der Waals surface area contributed by atoms with Crippen molar-refractivity contribution >= 4 is 39.9 Å². The minimum atomic E-state index is 0.191. The fraction of sp³-hybridized carbons (Fsp3) is 0.273. The van der Waals surface area contributed by atoms with Crippen LogP contribution in [0, 0.1) is 6.92 Å². The number of aromatic amines is 1. The van der Waals surface area contributed by atoms with Gasteiger partial charge in [-0.2, -0.15) is 9.97 Å². The maximum Gasteiger partial charge on any atom is 0.226 e. The third-order valence-corrected chi connectivity index (χ3v) is 3.66. The fourth-order valence-corrected chi connectivity index (χ4v) is 2.63. The Morgan fingerprint density at radius 1 is 1.37 bits per heavy atom. The molecule has 3 aromatic rings. The molecule has 3 aromatic heterocycles. The Morgan fingerprint density at radius 3 is 2.95 bits per heavy atom. The van der Waals surface area contributed by atoms with Crippen LogP contribution in [0.3, 0.4) is 0 Å². The van der Waals surface area contributed by atoms with E-state index in [1.54, 1.807) is 17.7 Å². The number of aryl methyl sites for hydroxylation is 1. The quantitative estimate of drug-likeness (QED) is 0.751.